The van der Waals surface area contributed by atoms with Crippen LogP contribution in [0.2, 0.25) is 0 Å². The van der Waals surface area contributed by atoms with Gasteiger partial charge in [-0.15, -0.1) is 0 Å². The largest absolute Gasteiger partial charge is 0.304 e. The van der Waals surface area contributed by atoms with Crippen molar-refractivity contribution in [2.75, 3.05) is 33.7 Å². The number of hydrogen-bond donors (Lipinski definition) is 0. The van der Waals surface area contributed by atoms with E-state index in [1.165, 1.54) is 19.6 Å². The molecule has 1 heterocycles. The van der Waals surface area contributed by atoms with E-state index in [0.717, 1.165) is 12.0 Å². The lowest BCUT2D eigenvalue weighted by Gasteiger charge is -2.39. The van der Waals surface area contributed by atoms with Gasteiger partial charge in [0.15, 0.2) is 0 Å². The summed E-state index contributed by atoms with van der Waals surface area (Å²) < 4.78 is 0. The summed E-state index contributed by atoms with van der Waals surface area (Å²) in [5, 5.41) is 0. The first-order valence-corrected chi connectivity index (χ1v) is 4.50. The summed E-state index contributed by atoms with van der Waals surface area (Å²) in [4.78, 5) is 4.90. The highest BCUT2D eigenvalue weighted by molar-refractivity contribution is 4.80. The van der Waals surface area contributed by atoms with Gasteiger partial charge in [0.2, 0.25) is 0 Å². The van der Waals surface area contributed by atoms with Gasteiger partial charge in [-0.25, -0.2) is 0 Å². The molecule has 0 saturated carbocycles. The number of nitrogens with zero attached hydrogens (tertiary/aromatic N) is 2. The monoisotopic (exact) mass is 156 g/mol. The summed E-state index contributed by atoms with van der Waals surface area (Å²) >= 11 is 0. The second kappa shape index (κ2) is 3.55. The van der Waals surface area contributed by atoms with Crippen molar-refractivity contribution in [2.45, 2.75) is 19.9 Å². The Morgan fingerprint density at radius 1 is 1.18 bits per heavy atom. The summed E-state index contributed by atoms with van der Waals surface area (Å²) in [5.41, 5.74) is 0. The topological polar surface area (TPSA) is 6.48 Å². The third kappa shape index (κ3) is 2.17. The molecule has 0 aromatic rings. The van der Waals surface area contributed by atoms with E-state index in [-0.39, 0.29) is 0 Å². The van der Waals surface area contributed by atoms with E-state index in [1.807, 2.05) is 0 Å². The SMILES string of the molecule is CC(C)[C@H]1CN(C)CCN1C. The van der Waals surface area contributed by atoms with E-state index < -0.39 is 0 Å². The van der Waals surface area contributed by atoms with Crippen LogP contribution >= 0.6 is 0 Å². The fourth-order valence-electron chi connectivity index (χ4n) is 1.76. The normalized spacial score (nSPS) is 29.7. The second-order valence-corrected chi connectivity index (χ2v) is 4.05. The van der Waals surface area contributed by atoms with Gasteiger partial charge in [-0.2, -0.15) is 0 Å². The van der Waals surface area contributed by atoms with Gasteiger partial charge in [-0.1, -0.05) is 13.8 Å². The molecule has 0 unspecified atom stereocenters. The Bertz CT molecular complexity index is 123. The predicted octanol–water partition coefficient (Wildman–Crippen LogP) is 0.888. The first-order valence-electron chi connectivity index (χ1n) is 4.50. The lowest BCUT2D eigenvalue weighted by molar-refractivity contribution is 0.0857. The molecule has 0 aromatic carbocycles. The van der Waals surface area contributed by atoms with E-state index >= 15 is 0 Å². The van der Waals surface area contributed by atoms with Gasteiger partial charge in [0.1, 0.15) is 0 Å². The molecule has 66 valence electrons. The molecular formula is C9H20N2. The molecule has 1 aliphatic rings. The minimum atomic E-state index is 0.758. The number of hydrogen-bond acceptors (Lipinski definition) is 2. The van der Waals surface area contributed by atoms with Crippen LogP contribution in [0.3, 0.4) is 0 Å². The van der Waals surface area contributed by atoms with Crippen LogP contribution in [-0.4, -0.2) is 49.6 Å². The Labute approximate surface area is 70.2 Å². The van der Waals surface area contributed by atoms with Gasteiger partial charge >= 0.3 is 0 Å². The minimum absolute atomic E-state index is 0.758. The van der Waals surface area contributed by atoms with Crippen LogP contribution in [0.4, 0.5) is 0 Å². The van der Waals surface area contributed by atoms with Crippen LogP contribution in [0.1, 0.15) is 13.8 Å². The van der Waals surface area contributed by atoms with Crippen LogP contribution in [0.15, 0.2) is 0 Å². The summed E-state index contributed by atoms with van der Waals surface area (Å²) in [6.45, 7) is 8.29. The minimum Gasteiger partial charge on any atom is -0.304 e. The summed E-state index contributed by atoms with van der Waals surface area (Å²) in [5.74, 6) is 0.780. The van der Waals surface area contributed by atoms with Crippen LogP contribution in [0, 0.1) is 5.92 Å². The molecule has 1 saturated heterocycles. The number of rotatable bonds is 1. The van der Waals surface area contributed by atoms with Crippen LogP contribution in [0.5, 0.6) is 0 Å². The lowest BCUT2D eigenvalue weighted by Crippen LogP contribution is -2.52. The van der Waals surface area contributed by atoms with Crippen LogP contribution in [-0.2, 0) is 0 Å². The van der Waals surface area contributed by atoms with Crippen molar-refractivity contribution < 1.29 is 0 Å². The van der Waals surface area contributed by atoms with E-state index in [4.69, 9.17) is 0 Å². The highest BCUT2D eigenvalue weighted by Gasteiger charge is 2.24. The van der Waals surface area contributed by atoms with E-state index in [0.29, 0.717) is 0 Å². The predicted molar refractivity (Wildman–Crippen MR) is 48.8 cm³/mol. The lowest BCUT2D eigenvalue weighted by atomic mass is 10.0. The van der Waals surface area contributed by atoms with Crippen molar-refractivity contribution in [2.24, 2.45) is 5.92 Å². The molecule has 0 N–H and O–H groups in total. The highest BCUT2D eigenvalue weighted by atomic mass is 15.3. The van der Waals surface area contributed by atoms with Crippen molar-refractivity contribution in [1.82, 2.24) is 9.80 Å². The van der Waals surface area contributed by atoms with Crippen molar-refractivity contribution in [3.8, 4) is 0 Å². The molecule has 2 heteroatoms. The van der Waals surface area contributed by atoms with Gasteiger partial charge in [-0.05, 0) is 20.0 Å². The van der Waals surface area contributed by atoms with E-state index in [9.17, 15) is 0 Å². The molecule has 1 fully saturated rings. The molecule has 1 rings (SSSR count). The maximum atomic E-state index is 2.48. The van der Waals surface area contributed by atoms with Crippen molar-refractivity contribution in [3.63, 3.8) is 0 Å². The second-order valence-electron chi connectivity index (χ2n) is 4.05. The standard InChI is InChI=1S/C9H20N2/c1-8(2)9-7-10(3)5-6-11(9)4/h8-9H,5-7H2,1-4H3/t9-/m1/s1. The molecule has 0 aromatic heterocycles. The molecule has 11 heavy (non-hydrogen) atoms. The zero-order valence-corrected chi connectivity index (χ0v) is 8.17. The van der Waals surface area contributed by atoms with Crippen LogP contribution in [0.25, 0.3) is 0 Å². The molecule has 1 aliphatic heterocycles. The van der Waals surface area contributed by atoms with Crippen molar-refractivity contribution >= 4 is 0 Å². The maximum Gasteiger partial charge on any atom is 0.0243 e. The smallest absolute Gasteiger partial charge is 0.0243 e. The quantitative estimate of drug-likeness (QED) is 0.556. The Hall–Kier alpha value is -0.0800. The molecule has 2 nitrogen and oxygen atoms in total. The zero-order valence-electron chi connectivity index (χ0n) is 8.17. The van der Waals surface area contributed by atoms with Crippen LogP contribution < -0.4 is 0 Å². The van der Waals surface area contributed by atoms with Crippen molar-refractivity contribution in [3.05, 3.63) is 0 Å². The maximum absolute atomic E-state index is 2.48. The first-order chi connectivity index (χ1) is 5.11. The fourth-order valence-corrected chi connectivity index (χ4v) is 1.76. The summed E-state index contributed by atoms with van der Waals surface area (Å²) in [6, 6.07) is 0.758. The van der Waals surface area contributed by atoms with Gasteiger partial charge in [0.05, 0.1) is 0 Å². The molecule has 0 amide bonds. The molecule has 0 bridgehead atoms. The Kier molecular flexibility index (Phi) is 2.90. The molecular weight excluding hydrogens is 136 g/mol. The molecule has 1 atom stereocenters. The third-order valence-electron chi connectivity index (χ3n) is 2.67. The first kappa shape index (κ1) is 9.01. The van der Waals surface area contributed by atoms with E-state index in [2.05, 4.69) is 37.7 Å². The van der Waals surface area contributed by atoms with Crippen molar-refractivity contribution in [1.29, 1.82) is 0 Å². The Morgan fingerprint density at radius 3 is 2.27 bits per heavy atom. The Morgan fingerprint density at radius 2 is 1.82 bits per heavy atom. The summed E-state index contributed by atoms with van der Waals surface area (Å²) in [7, 11) is 4.44. The molecule has 0 radical (unpaired) electrons. The van der Waals surface area contributed by atoms with E-state index in [1.54, 1.807) is 0 Å². The fraction of sp³-hybridized carbons (Fsp3) is 1.00. The number of likely N-dealkylation sites (N-methyl/N-ethyl adjacent to an activating group) is 2. The molecule has 0 spiro atoms. The van der Waals surface area contributed by atoms with Gasteiger partial charge < -0.3 is 9.80 Å². The number of piperazine rings is 1. The zero-order chi connectivity index (χ0) is 8.43. The van der Waals surface area contributed by atoms with Gasteiger partial charge in [-0.3, -0.25) is 0 Å². The Balaban J connectivity index is 2.47. The van der Waals surface area contributed by atoms with Gasteiger partial charge in [0.25, 0.3) is 0 Å². The average molecular weight is 156 g/mol. The third-order valence-corrected chi connectivity index (χ3v) is 2.67. The average Bonchev–Trinajstić information content (AvgIpc) is 1.94. The summed E-state index contributed by atoms with van der Waals surface area (Å²) in [6.07, 6.45) is 0. The highest BCUT2D eigenvalue weighted by Crippen LogP contribution is 2.13. The van der Waals surface area contributed by atoms with Gasteiger partial charge in [0, 0.05) is 25.7 Å². The molecule has 0 aliphatic carbocycles.